The van der Waals surface area contributed by atoms with Crippen LogP contribution in [0.4, 0.5) is 0 Å². The SMILES string of the molecule is C[C@H](CCCN(C)C)[C@H]1CC[C@H]2[C@@H]3CC[C@@H]4C[C@H](OC(=O)CCN)CC[C@]4(C)[C@H]3C[C@H](OC(=O)CCN)[C@]12C. The number of fused-ring (bicyclic) bond motifs is 5. The first kappa shape index (κ1) is 30.8. The number of hydrogen-bond acceptors (Lipinski definition) is 7. The zero-order valence-electron chi connectivity index (χ0n) is 25.5. The minimum atomic E-state index is -0.156. The van der Waals surface area contributed by atoms with Gasteiger partial charge in [0, 0.05) is 18.5 Å². The Morgan fingerprint density at radius 1 is 0.923 bits per heavy atom. The molecule has 0 unspecified atom stereocenters. The van der Waals surface area contributed by atoms with Crippen LogP contribution in [-0.2, 0) is 19.1 Å². The zero-order valence-corrected chi connectivity index (χ0v) is 25.5. The predicted octanol–water partition coefficient (Wildman–Crippen LogP) is 4.75. The van der Waals surface area contributed by atoms with Gasteiger partial charge in [-0.1, -0.05) is 20.8 Å². The molecule has 7 nitrogen and oxygen atoms in total. The van der Waals surface area contributed by atoms with Crippen molar-refractivity contribution in [1.29, 1.82) is 0 Å². The van der Waals surface area contributed by atoms with E-state index in [1.807, 2.05) is 0 Å². The van der Waals surface area contributed by atoms with Gasteiger partial charge < -0.3 is 25.8 Å². The van der Waals surface area contributed by atoms with Crippen molar-refractivity contribution in [2.24, 2.45) is 57.8 Å². The quantitative estimate of drug-likeness (QED) is 0.359. The van der Waals surface area contributed by atoms with Gasteiger partial charge in [0.2, 0.25) is 0 Å². The second-order valence-corrected chi connectivity index (χ2v) is 14.3. The van der Waals surface area contributed by atoms with Crippen LogP contribution in [0.1, 0.15) is 97.8 Å². The maximum atomic E-state index is 12.9. The van der Waals surface area contributed by atoms with E-state index < -0.39 is 0 Å². The molecule has 4 saturated carbocycles. The molecule has 0 aromatic rings. The van der Waals surface area contributed by atoms with Gasteiger partial charge in [-0.3, -0.25) is 9.59 Å². The summed E-state index contributed by atoms with van der Waals surface area (Å²) in [7, 11) is 4.31. The second-order valence-electron chi connectivity index (χ2n) is 14.3. The summed E-state index contributed by atoms with van der Waals surface area (Å²) in [5, 5.41) is 0. The predicted molar refractivity (Wildman–Crippen MR) is 155 cm³/mol. The fourth-order valence-electron chi connectivity index (χ4n) is 10.0. The Morgan fingerprint density at radius 3 is 2.28 bits per heavy atom. The lowest BCUT2D eigenvalue weighted by Crippen LogP contribution is -2.59. The lowest BCUT2D eigenvalue weighted by molar-refractivity contribution is -0.199. The molecule has 4 fully saturated rings. The van der Waals surface area contributed by atoms with E-state index in [9.17, 15) is 9.59 Å². The summed E-state index contributed by atoms with van der Waals surface area (Å²) >= 11 is 0. The average Bonchev–Trinajstić information content (AvgIpc) is 3.23. The van der Waals surface area contributed by atoms with Gasteiger partial charge in [0.05, 0.1) is 12.8 Å². The fourth-order valence-corrected chi connectivity index (χ4v) is 10.0. The second kappa shape index (κ2) is 12.8. The monoisotopic (exact) mass is 547 g/mol. The van der Waals surface area contributed by atoms with Crippen molar-refractivity contribution >= 4 is 11.9 Å². The summed E-state index contributed by atoms with van der Waals surface area (Å²) in [6.07, 6.45) is 11.9. The number of carbonyl (C=O) groups is 2. The normalized spacial score (nSPS) is 40.4. The number of nitrogens with zero attached hydrogens (tertiary/aromatic N) is 1. The average molecular weight is 548 g/mol. The third-order valence-electron chi connectivity index (χ3n) is 12.0. The molecule has 0 radical (unpaired) electrons. The largest absolute Gasteiger partial charge is 0.462 e. The molecule has 0 bridgehead atoms. The van der Waals surface area contributed by atoms with Gasteiger partial charge in [-0.2, -0.15) is 0 Å². The molecule has 4 N–H and O–H groups in total. The molecule has 0 aromatic heterocycles. The third kappa shape index (κ3) is 6.21. The van der Waals surface area contributed by atoms with E-state index >= 15 is 0 Å². The van der Waals surface area contributed by atoms with E-state index in [0.717, 1.165) is 32.2 Å². The van der Waals surface area contributed by atoms with E-state index in [4.69, 9.17) is 20.9 Å². The van der Waals surface area contributed by atoms with E-state index in [1.165, 1.54) is 38.5 Å². The van der Waals surface area contributed by atoms with Crippen molar-refractivity contribution in [2.75, 3.05) is 33.7 Å². The highest BCUT2D eigenvalue weighted by molar-refractivity contribution is 5.70. The first-order valence-corrected chi connectivity index (χ1v) is 16.0. The van der Waals surface area contributed by atoms with Gasteiger partial charge in [-0.05, 0) is 126 Å². The van der Waals surface area contributed by atoms with Gasteiger partial charge in [0.1, 0.15) is 12.2 Å². The number of rotatable bonds is 11. The van der Waals surface area contributed by atoms with Crippen LogP contribution in [0.5, 0.6) is 0 Å². The highest BCUT2D eigenvalue weighted by atomic mass is 16.5. The van der Waals surface area contributed by atoms with Crippen molar-refractivity contribution in [1.82, 2.24) is 4.90 Å². The first-order valence-electron chi connectivity index (χ1n) is 16.0. The Morgan fingerprint density at radius 2 is 1.62 bits per heavy atom. The Hall–Kier alpha value is -1.18. The van der Waals surface area contributed by atoms with Crippen LogP contribution in [0.25, 0.3) is 0 Å². The third-order valence-corrected chi connectivity index (χ3v) is 12.0. The molecule has 7 heteroatoms. The van der Waals surface area contributed by atoms with Crippen molar-refractivity contribution in [2.45, 2.75) is 110 Å². The Balaban J connectivity index is 1.55. The van der Waals surface area contributed by atoms with Crippen molar-refractivity contribution in [3.05, 3.63) is 0 Å². The number of carbonyl (C=O) groups excluding carboxylic acids is 2. The summed E-state index contributed by atoms with van der Waals surface area (Å²) in [5.41, 5.74) is 11.6. The first-order chi connectivity index (χ1) is 18.5. The molecule has 10 atom stereocenters. The molecule has 0 aromatic carbocycles. The van der Waals surface area contributed by atoms with Crippen LogP contribution >= 0.6 is 0 Å². The zero-order chi connectivity index (χ0) is 28.4. The molecule has 0 aliphatic heterocycles. The minimum Gasteiger partial charge on any atom is -0.462 e. The number of hydrogen-bond donors (Lipinski definition) is 2. The standard InChI is InChI=1S/C32H57N3O4/c1-21(7-6-18-35(4)5)25-10-11-26-24-9-8-22-19-23(38-29(36)13-16-33)12-15-31(22,2)27(24)20-28(32(25,26)3)39-30(37)14-17-34/h21-28H,6-20,33-34H2,1-5H3/t21-,22-,23-,24+,25-,26+,27+,28+,31+,32-/m1/s1. The van der Waals surface area contributed by atoms with Gasteiger partial charge >= 0.3 is 11.9 Å². The summed E-state index contributed by atoms with van der Waals surface area (Å²) in [4.78, 5) is 27.4. The maximum Gasteiger partial charge on any atom is 0.307 e. The van der Waals surface area contributed by atoms with Gasteiger partial charge in [-0.15, -0.1) is 0 Å². The molecule has 4 rings (SSSR count). The minimum absolute atomic E-state index is 0.0181. The summed E-state index contributed by atoms with van der Waals surface area (Å²) in [6.45, 7) is 9.24. The Kier molecular flexibility index (Phi) is 10.1. The van der Waals surface area contributed by atoms with Gasteiger partial charge in [0.25, 0.3) is 0 Å². The van der Waals surface area contributed by atoms with Crippen molar-refractivity contribution in [3.8, 4) is 0 Å². The van der Waals surface area contributed by atoms with Crippen molar-refractivity contribution in [3.63, 3.8) is 0 Å². The van der Waals surface area contributed by atoms with E-state index in [1.54, 1.807) is 0 Å². The van der Waals surface area contributed by atoms with Crippen LogP contribution in [-0.4, -0.2) is 62.8 Å². The number of esters is 2. The molecule has 4 aliphatic rings. The van der Waals surface area contributed by atoms with Crippen LogP contribution < -0.4 is 11.5 Å². The molecule has 0 spiro atoms. The summed E-state index contributed by atoms with van der Waals surface area (Å²) in [6, 6.07) is 0. The lowest BCUT2D eigenvalue weighted by Gasteiger charge is -2.62. The Labute approximate surface area is 237 Å². The van der Waals surface area contributed by atoms with Crippen molar-refractivity contribution < 1.29 is 19.1 Å². The summed E-state index contributed by atoms with van der Waals surface area (Å²) < 4.78 is 12.3. The van der Waals surface area contributed by atoms with Crippen LogP contribution in [0.2, 0.25) is 0 Å². The van der Waals surface area contributed by atoms with Gasteiger partial charge in [0.15, 0.2) is 0 Å². The lowest BCUT2D eigenvalue weighted by atomic mass is 9.43. The van der Waals surface area contributed by atoms with Crippen LogP contribution in [0.3, 0.4) is 0 Å². The van der Waals surface area contributed by atoms with E-state index in [0.29, 0.717) is 61.4 Å². The van der Waals surface area contributed by atoms with Crippen LogP contribution in [0.15, 0.2) is 0 Å². The number of ether oxygens (including phenoxy) is 2. The fraction of sp³-hybridized carbons (Fsp3) is 0.938. The number of nitrogens with two attached hydrogens (primary N) is 2. The topological polar surface area (TPSA) is 108 Å². The molecule has 4 aliphatic carbocycles. The van der Waals surface area contributed by atoms with Crippen LogP contribution in [0, 0.1) is 46.3 Å². The highest BCUT2D eigenvalue weighted by Crippen LogP contribution is 2.69. The molecular formula is C32H57N3O4. The van der Waals surface area contributed by atoms with Gasteiger partial charge in [-0.25, -0.2) is 0 Å². The maximum absolute atomic E-state index is 12.9. The van der Waals surface area contributed by atoms with E-state index in [-0.39, 0.29) is 35.0 Å². The molecule has 0 saturated heterocycles. The molecule has 0 amide bonds. The molecular weight excluding hydrogens is 490 g/mol. The smallest absolute Gasteiger partial charge is 0.307 e. The molecule has 39 heavy (non-hydrogen) atoms. The highest BCUT2D eigenvalue weighted by Gasteiger charge is 2.65. The van der Waals surface area contributed by atoms with E-state index in [2.05, 4.69) is 39.8 Å². The Bertz CT molecular complexity index is 851. The summed E-state index contributed by atoms with van der Waals surface area (Å²) in [5.74, 6) is 3.32. The molecule has 0 heterocycles. The molecule has 224 valence electrons.